The van der Waals surface area contributed by atoms with Gasteiger partial charge in [-0.05, 0) is 26.3 Å². The zero-order chi connectivity index (χ0) is 11.4. The Bertz CT molecular complexity index is 348. The highest BCUT2D eigenvalue weighted by Gasteiger charge is 2.20. The number of nitrogens with zero attached hydrogens (tertiary/aromatic N) is 1. The van der Waals surface area contributed by atoms with E-state index in [1.165, 1.54) is 19.3 Å². The van der Waals surface area contributed by atoms with Crippen molar-refractivity contribution >= 4 is 0 Å². The standard InChI is InChI=1S/C13H20N2O/c1-10-7-13(12(8-14-2)9-15-10)16-6-5-11-3-4-11/h7,9,11,14H,3-6,8H2,1-2H3. The van der Waals surface area contributed by atoms with Crippen molar-refractivity contribution in [2.75, 3.05) is 13.7 Å². The third-order valence-corrected chi connectivity index (χ3v) is 2.93. The molecule has 1 aliphatic rings. The second kappa shape index (κ2) is 5.30. The molecule has 0 saturated heterocycles. The fourth-order valence-corrected chi connectivity index (χ4v) is 1.76. The van der Waals surface area contributed by atoms with Crippen molar-refractivity contribution in [1.29, 1.82) is 0 Å². The van der Waals surface area contributed by atoms with Crippen molar-refractivity contribution in [3.8, 4) is 5.75 Å². The van der Waals surface area contributed by atoms with Crippen LogP contribution in [0.3, 0.4) is 0 Å². The Morgan fingerprint density at radius 1 is 1.50 bits per heavy atom. The Morgan fingerprint density at radius 3 is 3.00 bits per heavy atom. The minimum atomic E-state index is 0.812. The molecule has 1 aliphatic carbocycles. The lowest BCUT2D eigenvalue weighted by atomic mass is 10.2. The molecule has 1 heterocycles. The molecule has 3 nitrogen and oxygen atoms in total. The van der Waals surface area contributed by atoms with Gasteiger partial charge in [-0.15, -0.1) is 0 Å². The summed E-state index contributed by atoms with van der Waals surface area (Å²) in [6.45, 7) is 3.65. The fraction of sp³-hybridized carbons (Fsp3) is 0.615. The zero-order valence-corrected chi connectivity index (χ0v) is 10.1. The molecule has 0 radical (unpaired) electrons. The lowest BCUT2D eigenvalue weighted by Crippen LogP contribution is -2.09. The third kappa shape index (κ3) is 3.20. The summed E-state index contributed by atoms with van der Waals surface area (Å²) in [5, 5.41) is 3.14. The average molecular weight is 220 g/mol. The first-order valence-electron chi connectivity index (χ1n) is 6.02. The molecular formula is C13H20N2O. The van der Waals surface area contributed by atoms with Crippen molar-refractivity contribution in [2.45, 2.75) is 32.7 Å². The molecule has 1 fully saturated rings. The van der Waals surface area contributed by atoms with E-state index < -0.39 is 0 Å². The van der Waals surface area contributed by atoms with E-state index in [1.807, 2.05) is 26.2 Å². The normalized spacial score (nSPS) is 15.1. The summed E-state index contributed by atoms with van der Waals surface area (Å²) in [5.41, 5.74) is 2.16. The molecule has 1 saturated carbocycles. The fourth-order valence-electron chi connectivity index (χ4n) is 1.76. The molecule has 1 aromatic rings. The highest BCUT2D eigenvalue weighted by molar-refractivity contribution is 5.32. The van der Waals surface area contributed by atoms with Crippen LogP contribution in [0.25, 0.3) is 0 Å². The number of hydrogen-bond donors (Lipinski definition) is 1. The summed E-state index contributed by atoms with van der Waals surface area (Å²) in [6.07, 6.45) is 5.88. The van der Waals surface area contributed by atoms with Crippen LogP contribution in [-0.2, 0) is 6.54 Å². The van der Waals surface area contributed by atoms with Gasteiger partial charge in [0, 0.05) is 30.1 Å². The maximum absolute atomic E-state index is 5.84. The first-order chi connectivity index (χ1) is 7.79. The van der Waals surface area contributed by atoms with E-state index in [0.717, 1.165) is 36.1 Å². The van der Waals surface area contributed by atoms with E-state index in [2.05, 4.69) is 10.3 Å². The van der Waals surface area contributed by atoms with Crippen LogP contribution in [0.2, 0.25) is 0 Å². The molecule has 88 valence electrons. The molecule has 0 bridgehead atoms. The minimum absolute atomic E-state index is 0.812. The van der Waals surface area contributed by atoms with Gasteiger partial charge in [0.25, 0.3) is 0 Å². The molecular weight excluding hydrogens is 200 g/mol. The highest BCUT2D eigenvalue weighted by atomic mass is 16.5. The van der Waals surface area contributed by atoms with Gasteiger partial charge in [0.05, 0.1) is 6.61 Å². The summed E-state index contributed by atoms with van der Waals surface area (Å²) in [4.78, 5) is 4.29. The largest absolute Gasteiger partial charge is 0.493 e. The smallest absolute Gasteiger partial charge is 0.127 e. The van der Waals surface area contributed by atoms with Gasteiger partial charge >= 0.3 is 0 Å². The zero-order valence-electron chi connectivity index (χ0n) is 10.1. The second-order valence-corrected chi connectivity index (χ2v) is 4.54. The quantitative estimate of drug-likeness (QED) is 0.798. The Balaban J connectivity index is 1.94. The van der Waals surface area contributed by atoms with Crippen molar-refractivity contribution in [2.24, 2.45) is 5.92 Å². The van der Waals surface area contributed by atoms with Gasteiger partial charge in [-0.25, -0.2) is 0 Å². The molecule has 1 N–H and O–H groups in total. The molecule has 0 atom stereocenters. The predicted molar refractivity (Wildman–Crippen MR) is 64.6 cm³/mol. The van der Waals surface area contributed by atoms with Crippen molar-refractivity contribution in [3.05, 3.63) is 23.5 Å². The molecule has 1 aromatic heterocycles. The van der Waals surface area contributed by atoms with Gasteiger partial charge in [0.1, 0.15) is 5.75 Å². The summed E-state index contributed by atoms with van der Waals surface area (Å²) >= 11 is 0. The van der Waals surface area contributed by atoms with E-state index in [-0.39, 0.29) is 0 Å². The number of aromatic nitrogens is 1. The Kier molecular flexibility index (Phi) is 3.78. The van der Waals surface area contributed by atoms with Crippen LogP contribution < -0.4 is 10.1 Å². The van der Waals surface area contributed by atoms with E-state index in [1.54, 1.807) is 0 Å². The van der Waals surface area contributed by atoms with Gasteiger partial charge in [0.2, 0.25) is 0 Å². The molecule has 0 spiro atoms. The number of nitrogens with one attached hydrogen (secondary N) is 1. The topological polar surface area (TPSA) is 34.2 Å². The average Bonchev–Trinajstić information content (AvgIpc) is 3.06. The van der Waals surface area contributed by atoms with Crippen molar-refractivity contribution in [3.63, 3.8) is 0 Å². The number of ether oxygens (including phenoxy) is 1. The van der Waals surface area contributed by atoms with Crippen LogP contribution in [0.1, 0.15) is 30.5 Å². The van der Waals surface area contributed by atoms with Crippen LogP contribution in [0.15, 0.2) is 12.3 Å². The summed E-state index contributed by atoms with van der Waals surface area (Å²) < 4.78 is 5.84. The first-order valence-corrected chi connectivity index (χ1v) is 6.02. The number of pyridine rings is 1. The molecule has 3 heteroatoms. The van der Waals surface area contributed by atoms with E-state index in [0.29, 0.717) is 0 Å². The third-order valence-electron chi connectivity index (χ3n) is 2.93. The van der Waals surface area contributed by atoms with E-state index in [4.69, 9.17) is 4.74 Å². The van der Waals surface area contributed by atoms with Crippen LogP contribution in [-0.4, -0.2) is 18.6 Å². The lowest BCUT2D eigenvalue weighted by Gasteiger charge is -2.11. The number of rotatable bonds is 6. The van der Waals surface area contributed by atoms with E-state index >= 15 is 0 Å². The number of hydrogen-bond acceptors (Lipinski definition) is 3. The van der Waals surface area contributed by atoms with Gasteiger partial charge < -0.3 is 10.1 Å². The lowest BCUT2D eigenvalue weighted by molar-refractivity contribution is 0.298. The minimum Gasteiger partial charge on any atom is -0.493 e. The summed E-state index contributed by atoms with van der Waals surface area (Å²) in [7, 11) is 1.94. The van der Waals surface area contributed by atoms with Gasteiger partial charge in [-0.1, -0.05) is 12.8 Å². The molecule has 0 aromatic carbocycles. The molecule has 16 heavy (non-hydrogen) atoms. The summed E-state index contributed by atoms with van der Waals surface area (Å²) in [6, 6.07) is 2.03. The Labute approximate surface area is 97.2 Å². The van der Waals surface area contributed by atoms with Gasteiger partial charge in [-0.3, -0.25) is 4.98 Å². The van der Waals surface area contributed by atoms with Gasteiger partial charge in [0.15, 0.2) is 0 Å². The second-order valence-electron chi connectivity index (χ2n) is 4.54. The predicted octanol–water partition coefficient (Wildman–Crippen LogP) is 2.29. The van der Waals surface area contributed by atoms with Crippen LogP contribution in [0.4, 0.5) is 0 Å². The van der Waals surface area contributed by atoms with E-state index in [9.17, 15) is 0 Å². The van der Waals surface area contributed by atoms with Gasteiger partial charge in [-0.2, -0.15) is 0 Å². The monoisotopic (exact) mass is 220 g/mol. The molecule has 0 aliphatic heterocycles. The van der Waals surface area contributed by atoms with Crippen LogP contribution in [0.5, 0.6) is 5.75 Å². The maximum atomic E-state index is 5.84. The van der Waals surface area contributed by atoms with Crippen LogP contribution in [0, 0.1) is 12.8 Å². The van der Waals surface area contributed by atoms with Crippen LogP contribution >= 0.6 is 0 Å². The Morgan fingerprint density at radius 2 is 2.31 bits per heavy atom. The SMILES string of the molecule is CNCc1cnc(C)cc1OCCC1CC1. The molecule has 2 rings (SSSR count). The summed E-state index contributed by atoms with van der Waals surface area (Å²) in [5.74, 6) is 1.91. The highest BCUT2D eigenvalue weighted by Crippen LogP contribution is 2.32. The van der Waals surface area contributed by atoms with Crippen molar-refractivity contribution < 1.29 is 4.74 Å². The molecule has 0 amide bonds. The van der Waals surface area contributed by atoms with Crippen molar-refractivity contribution in [1.82, 2.24) is 10.3 Å². The number of aryl methyl sites for hydroxylation is 1. The first kappa shape index (κ1) is 11.4. The maximum Gasteiger partial charge on any atom is 0.127 e. The Hall–Kier alpha value is -1.09. The molecule has 0 unspecified atom stereocenters.